The highest BCUT2D eigenvalue weighted by atomic mass is 32.2. The summed E-state index contributed by atoms with van der Waals surface area (Å²) in [6, 6.07) is 0. The molecule has 0 amide bonds. The van der Waals surface area contributed by atoms with Crippen LogP contribution in [0.1, 0.15) is 13.3 Å². The third-order valence-electron chi connectivity index (χ3n) is 2.33. The van der Waals surface area contributed by atoms with Crippen LogP contribution in [-0.4, -0.2) is 42.5 Å². The van der Waals surface area contributed by atoms with Crippen molar-refractivity contribution in [2.45, 2.75) is 19.4 Å². The van der Waals surface area contributed by atoms with Gasteiger partial charge in [-0.2, -0.15) is 0 Å². The molecule has 1 rings (SSSR count). The smallest absolute Gasteiger partial charge is 0.335 e. The van der Waals surface area contributed by atoms with Crippen molar-refractivity contribution >= 4 is 34.3 Å². The van der Waals surface area contributed by atoms with Gasteiger partial charge in [0.2, 0.25) is 4.38 Å². The molecule has 0 bridgehead atoms. The molecule has 16 heavy (non-hydrogen) atoms. The molecular weight excluding hydrogens is 248 g/mol. The van der Waals surface area contributed by atoms with Gasteiger partial charge in [-0.15, -0.1) is 0 Å². The Morgan fingerprint density at radius 1 is 1.62 bits per heavy atom. The number of ether oxygens (including phenoxy) is 3. The maximum Gasteiger partial charge on any atom is 0.335 e. The number of thioether (sulfide) groups is 1. The van der Waals surface area contributed by atoms with E-state index in [9.17, 15) is 4.79 Å². The number of carbonyl (C=O) groups is 1. The average molecular weight is 264 g/mol. The number of esters is 1. The highest BCUT2D eigenvalue weighted by molar-refractivity contribution is 8.22. The molecule has 0 aromatic carbocycles. The summed E-state index contributed by atoms with van der Waals surface area (Å²) in [5, 5.41) is 0. The Balaban J connectivity index is 2.35. The highest BCUT2D eigenvalue weighted by Gasteiger charge is 2.35. The molecule has 2 unspecified atom stereocenters. The lowest BCUT2D eigenvalue weighted by molar-refractivity contribution is -0.152. The monoisotopic (exact) mass is 264 g/mol. The Bertz CT molecular complexity index is 257. The van der Waals surface area contributed by atoms with Crippen molar-refractivity contribution < 1.29 is 19.0 Å². The second kappa shape index (κ2) is 7.09. The van der Waals surface area contributed by atoms with Crippen LogP contribution in [0, 0.1) is 5.92 Å². The van der Waals surface area contributed by atoms with E-state index < -0.39 is 6.10 Å². The Labute approximate surface area is 105 Å². The largest absolute Gasteiger partial charge is 0.479 e. The summed E-state index contributed by atoms with van der Waals surface area (Å²) in [4.78, 5) is 11.4. The normalized spacial score (nSPS) is 24.1. The van der Waals surface area contributed by atoms with Crippen LogP contribution in [0.15, 0.2) is 0 Å². The van der Waals surface area contributed by atoms with Gasteiger partial charge in [-0.25, -0.2) is 4.79 Å². The van der Waals surface area contributed by atoms with Crippen LogP contribution in [0.4, 0.5) is 0 Å². The zero-order valence-corrected chi connectivity index (χ0v) is 11.1. The van der Waals surface area contributed by atoms with Crippen molar-refractivity contribution in [3.63, 3.8) is 0 Å². The van der Waals surface area contributed by atoms with Crippen LogP contribution in [-0.2, 0) is 19.0 Å². The molecule has 1 heterocycles. The maximum atomic E-state index is 11.4. The fourth-order valence-corrected chi connectivity index (χ4v) is 2.73. The minimum atomic E-state index is -0.443. The second-order valence-electron chi connectivity index (χ2n) is 3.36. The predicted molar refractivity (Wildman–Crippen MR) is 66.5 cm³/mol. The molecule has 2 atom stereocenters. The molecule has 6 heteroatoms. The van der Waals surface area contributed by atoms with Gasteiger partial charge in [-0.3, -0.25) is 0 Å². The van der Waals surface area contributed by atoms with Gasteiger partial charge in [0.15, 0.2) is 6.10 Å². The zero-order chi connectivity index (χ0) is 12.0. The Hall–Kier alpha value is -0.330. The summed E-state index contributed by atoms with van der Waals surface area (Å²) in [5.41, 5.74) is 0. The lowest BCUT2D eigenvalue weighted by Gasteiger charge is -2.15. The van der Waals surface area contributed by atoms with Gasteiger partial charge in [-0.1, -0.05) is 11.8 Å². The quantitative estimate of drug-likeness (QED) is 0.568. The van der Waals surface area contributed by atoms with E-state index in [4.69, 9.17) is 21.7 Å². The van der Waals surface area contributed by atoms with Crippen LogP contribution in [0.2, 0.25) is 0 Å². The van der Waals surface area contributed by atoms with Gasteiger partial charge in [0.05, 0.1) is 13.7 Å². The molecule has 0 aromatic rings. The van der Waals surface area contributed by atoms with Crippen LogP contribution < -0.4 is 0 Å². The lowest BCUT2D eigenvalue weighted by atomic mass is 10.0. The first kappa shape index (κ1) is 13.7. The average Bonchev–Trinajstić information content (AvgIpc) is 2.74. The zero-order valence-electron chi connectivity index (χ0n) is 9.43. The van der Waals surface area contributed by atoms with Gasteiger partial charge < -0.3 is 14.2 Å². The third-order valence-corrected chi connectivity index (χ3v) is 3.74. The number of carbonyl (C=O) groups excluding carboxylic acids is 1. The van der Waals surface area contributed by atoms with Gasteiger partial charge in [-0.05, 0) is 25.6 Å². The number of rotatable bonds is 4. The van der Waals surface area contributed by atoms with E-state index in [1.165, 1.54) is 18.9 Å². The van der Waals surface area contributed by atoms with Crippen LogP contribution in [0.5, 0.6) is 0 Å². The second-order valence-corrected chi connectivity index (χ2v) is 4.98. The summed E-state index contributed by atoms with van der Waals surface area (Å²) in [7, 11) is 1.37. The molecule has 1 aliphatic heterocycles. The summed E-state index contributed by atoms with van der Waals surface area (Å²) in [6.45, 7) is 3.07. The summed E-state index contributed by atoms with van der Waals surface area (Å²) in [6.07, 6.45) is 0.420. The van der Waals surface area contributed by atoms with Crippen molar-refractivity contribution in [1.82, 2.24) is 0 Å². The highest BCUT2D eigenvalue weighted by Crippen LogP contribution is 2.26. The van der Waals surface area contributed by atoms with Gasteiger partial charge >= 0.3 is 5.97 Å². The van der Waals surface area contributed by atoms with Crippen LogP contribution in [0.3, 0.4) is 0 Å². The number of thiocarbonyl (C=S) groups is 1. The van der Waals surface area contributed by atoms with E-state index in [0.29, 0.717) is 17.6 Å². The molecule has 1 saturated heterocycles. The molecule has 92 valence electrons. The van der Waals surface area contributed by atoms with Crippen LogP contribution in [0.25, 0.3) is 0 Å². The molecule has 4 nitrogen and oxygen atoms in total. The number of hydrogen-bond acceptors (Lipinski definition) is 6. The van der Waals surface area contributed by atoms with E-state index in [-0.39, 0.29) is 11.9 Å². The van der Waals surface area contributed by atoms with E-state index in [1.54, 1.807) is 0 Å². The lowest BCUT2D eigenvalue weighted by Crippen LogP contribution is -2.29. The standard InChI is InChI=1S/C10H16O4S2/c1-3-13-10(15)16-6-7-4-5-14-8(7)9(11)12-2/h7-8H,3-6H2,1-2H3. The first-order valence-electron chi connectivity index (χ1n) is 5.18. The van der Waals surface area contributed by atoms with Crippen molar-refractivity contribution in [2.24, 2.45) is 5.92 Å². The predicted octanol–water partition coefficient (Wildman–Crippen LogP) is 1.62. The minimum Gasteiger partial charge on any atom is -0.479 e. The van der Waals surface area contributed by atoms with E-state index >= 15 is 0 Å². The first-order valence-corrected chi connectivity index (χ1v) is 6.57. The van der Waals surface area contributed by atoms with Gasteiger partial charge in [0, 0.05) is 18.3 Å². The molecule has 0 aromatic heterocycles. The molecule has 1 fully saturated rings. The Kier molecular flexibility index (Phi) is 6.08. The molecule has 0 aliphatic carbocycles. The van der Waals surface area contributed by atoms with Crippen molar-refractivity contribution in [2.75, 3.05) is 26.1 Å². The molecular formula is C10H16O4S2. The molecule has 0 N–H and O–H groups in total. The van der Waals surface area contributed by atoms with E-state index in [0.717, 1.165) is 12.2 Å². The van der Waals surface area contributed by atoms with E-state index in [1.807, 2.05) is 6.92 Å². The molecule has 0 saturated carbocycles. The maximum absolute atomic E-state index is 11.4. The number of methoxy groups -OCH3 is 1. The molecule has 1 aliphatic rings. The SMILES string of the molecule is CCOC(=S)SCC1CCOC1C(=O)OC. The Morgan fingerprint density at radius 2 is 2.38 bits per heavy atom. The van der Waals surface area contributed by atoms with Crippen LogP contribution >= 0.6 is 24.0 Å². The van der Waals surface area contributed by atoms with Crippen molar-refractivity contribution in [3.05, 3.63) is 0 Å². The van der Waals surface area contributed by atoms with E-state index in [2.05, 4.69) is 4.74 Å². The summed E-state index contributed by atoms with van der Waals surface area (Å²) >= 11 is 6.46. The Morgan fingerprint density at radius 3 is 3.00 bits per heavy atom. The molecule has 0 spiro atoms. The number of hydrogen-bond donors (Lipinski definition) is 0. The van der Waals surface area contributed by atoms with Gasteiger partial charge in [0.1, 0.15) is 0 Å². The van der Waals surface area contributed by atoms with Gasteiger partial charge in [0.25, 0.3) is 0 Å². The summed E-state index contributed by atoms with van der Waals surface area (Å²) < 4.78 is 15.7. The fraction of sp³-hybridized carbons (Fsp3) is 0.800. The molecule has 0 radical (unpaired) electrons. The van der Waals surface area contributed by atoms with Crippen molar-refractivity contribution in [1.29, 1.82) is 0 Å². The van der Waals surface area contributed by atoms with Crippen molar-refractivity contribution in [3.8, 4) is 0 Å². The topological polar surface area (TPSA) is 44.8 Å². The fourth-order valence-electron chi connectivity index (χ4n) is 1.52. The summed E-state index contributed by atoms with van der Waals surface area (Å²) in [5.74, 6) is 0.597. The minimum absolute atomic E-state index is 0.163. The first-order chi connectivity index (χ1) is 7.69. The third kappa shape index (κ3) is 3.92.